The van der Waals surface area contributed by atoms with Gasteiger partial charge in [0.15, 0.2) is 0 Å². The lowest BCUT2D eigenvalue weighted by molar-refractivity contribution is -0.125. The number of carboxylic acid groups (broad SMARTS) is 1. The van der Waals surface area contributed by atoms with Crippen LogP contribution in [0.5, 0.6) is 0 Å². The molecule has 0 unspecified atom stereocenters. The third-order valence-electron chi connectivity index (χ3n) is 5.98. The molecule has 2 aromatic rings. The third-order valence-corrected chi connectivity index (χ3v) is 8.11. The number of carbonyl (C=O) groups is 2. The number of hydrogen-bond acceptors (Lipinski definition) is 5. The van der Waals surface area contributed by atoms with Gasteiger partial charge in [0.1, 0.15) is 5.84 Å². The second-order valence-electron chi connectivity index (χ2n) is 8.95. The maximum atomic E-state index is 13.1. The summed E-state index contributed by atoms with van der Waals surface area (Å²) in [4.78, 5) is 31.2. The number of carbonyl (C=O) groups excluding carboxylic acids is 1. The highest BCUT2D eigenvalue weighted by Gasteiger charge is 2.25. The van der Waals surface area contributed by atoms with Crippen molar-refractivity contribution in [3.63, 3.8) is 0 Å². The minimum Gasteiger partial charge on any atom is -0.465 e. The summed E-state index contributed by atoms with van der Waals surface area (Å²) < 4.78 is 27.4. The molecule has 10 heteroatoms. The molecule has 1 heterocycles. The largest absolute Gasteiger partial charge is 0.465 e. The Bertz CT molecular complexity index is 1290. The van der Waals surface area contributed by atoms with Gasteiger partial charge in [0.25, 0.3) is 0 Å². The van der Waals surface area contributed by atoms with Gasteiger partial charge in [-0.2, -0.15) is 4.31 Å². The van der Waals surface area contributed by atoms with E-state index in [2.05, 4.69) is 4.99 Å². The summed E-state index contributed by atoms with van der Waals surface area (Å²) in [5, 5.41) is 9.28. The highest BCUT2D eigenvalue weighted by Crippen LogP contribution is 2.24. The van der Waals surface area contributed by atoms with Crippen molar-refractivity contribution in [1.29, 1.82) is 0 Å². The Morgan fingerprint density at radius 1 is 1.08 bits per heavy atom. The molecule has 0 saturated heterocycles. The molecule has 0 radical (unpaired) electrons. The van der Waals surface area contributed by atoms with Gasteiger partial charge in [0.05, 0.1) is 18.0 Å². The van der Waals surface area contributed by atoms with Gasteiger partial charge in [-0.3, -0.25) is 14.7 Å². The lowest BCUT2D eigenvalue weighted by Gasteiger charge is -2.19. The summed E-state index contributed by atoms with van der Waals surface area (Å²) in [5.41, 5.74) is 3.97. The number of nitrogens with zero attached hydrogens (tertiary/aromatic N) is 4. The number of amides is 2. The zero-order valence-corrected chi connectivity index (χ0v) is 22.0. The first kappa shape index (κ1) is 27.1. The van der Waals surface area contributed by atoms with Crippen molar-refractivity contribution >= 4 is 27.9 Å². The molecule has 2 aromatic carbocycles. The summed E-state index contributed by atoms with van der Waals surface area (Å²) in [6.45, 7) is 6.68. The third kappa shape index (κ3) is 6.00. The van der Waals surface area contributed by atoms with E-state index in [1.807, 2.05) is 31.2 Å². The summed E-state index contributed by atoms with van der Waals surface area (Å²) in [7, 11) is -0.543. The number of benzene rings is 2. The quantitative estimate of drug-likeness (QED) is 0.546. The van der Waals surface area contributed by atoms with Crippen molar-refractivity contribution in [3.05, 3.63) is 76.4 Å². The number of aliphatic imine (C=N–C) groups is 1. The molecule has 1 N–H and O–H groups in total. The SMILES string of the molecule is Cc1cc(C)c(S(=O)(=O)N(C)C/C=C/C(=O)N(C)Cc2ccc(C3=NCCN3C(=O)O)cc2)c(C)c1. The molecule has 3 rings (SSSR count). The van der Waals surface area contributed by atoms with E-state index in [9.17, 15) is 23.1 Å². The molecule has 0 atom stereocenters. The maximum Gasteiger partial charge on any atom is 0.413 e. The molecule has 0 spiro atoms. The second kappa shape index (κ2) is 11.0. The number of likely N-dealkylation sites (N-methyl/N-ethyl adjacent to an activating group) is 2. The van der Waals surface area contributed by atoms with Crippen LogP contribution in [0.2, 0.25) is 0 Å². The number of hydrogen-bond donors (Lipinski definition) is 1. The smallest absolute Gasteiger partial charge is 0.413 e. The van der Waals surface area contributed by atoms with Gasteiger partial charge in [-0.25, -0.2) is 13.2 Å². The highest BCUT2D eigenvalue weighted by atomic mass is 32.2. The normalized spacial score (nSPS) is 13.9. The second-order valence-corrected chi connectivity index (χ2v) is 10.9. The first-order chi connectivity index (χ1) is 16.9. The lowest BCUT2D eigenvalue weighted by Crippen LogP contribution is -2.33. The average Bonchev–Trinajstić information content (AvgIpc) is 3.29. The fraction of sp³-hybridized carbons (Fsp3) is 0.346. The van der Waals surface area contributed by atoms with Crippen LogP contribution in [0.3, 0.4) is 0 Å². The van der Waals surface area contributed by atoms with E-state index >= 15 is 0 Å². The number of amidine groups is 1. The van der Waals surface area contributed by atoms with E-state index in [1.54, 1.807) is 33.0 Å². The molecule has 1 aliphatic rings. The van der Waals surface area contributed by atoms with Crippen molar-refractivity contribution in [3.8, 4) is 0 Å². The van der Waals surface area contributed by atoms with Gasteiger partial charge >= 0.3 is 6.09 Å². The molecule has 2 amide bonds. The Labute approximate surface area is 212 Å². The Morgan fingerprint density at radius 3 is 2.28 bits per heavy atom. The van der Waals surface area contributed by atoms with Crippen LogP contribution in [0.1, 0.15) is 27.8 Å². The molecule has 0 bridgehead atoms. The number of sulfonamides is 1. The minimum absolute atomic E-state index is 0.0611. The summed E-state index contributed by atoms with van der Waals surface area (Å²) >= 11 is 0. The Hall–Kier alpha value is -3.50. The van der Waals surface area contributed by atoms with Crippen molar-refractivity contribution in [2.24, 2.45) is 4.99 Å². The number of aryl methyl sites for hydroxylation is 3. The van der Waals surface area contributed by atoms with Gasteiger partial charge in [-0.1, -0.05) is 48.0 Å². The monoisotopic (exact) mass is 512 g/mol. The van der Waals surface area contributed by atoms with Crippen LogP contribution in [-0.4, -0.2) is 79.2 Å². The van der Waals surface area contributed by atoms with Crippen LogP contribution in [0.25, 0.3) is 0 Å². The van der Waals surface area contributed by atoms with E-state index in [1.165, 1.54) is 33.3 Å². The molecule has 0 fully saturated rings. The van der Waals surface area contributed by atoms with Crippen LogP contribution in [0.4, 0.5) is 4.79 Å². The summed E-state index contributed by atoms with van der Waals surface area (Å²) in [5.74, 6) is 0.168. The van der Waals surface area contributed by atoms with E-state index in [0.29, 0.717) is 47.1 Å². The van der Waals surface area contributed by atoms with E-state index in [0.717, 1.165) is 11.1 Å². The van der Waals surface area contributed by atoms with Crippen LogP contribution in [-0.2, 0) is 21.4 Å². The summed E-state index contributed by atoms with van der Waals surface area (Å²) in [6.07, 6.45) is 1.87. The fourth-order valence-corrected chi connectivity index (χ4v) is 5.77. The van der Waals surface area contributed by atoms with Crippen molar-refractivity contribution < 1.29 is 23.1 Å². The Kier molecular flexibility index (Phi) is 8.31. The summed E-state index contributed by atoms with van der Waals surface area (Å²) in [6, 6.07) is 10.9. The Morgan fingerprint density at radius 2 is 1.69 bits per heavy atom. The first-order valence-electron chi connectivity index (χ1n) is 11.5. The van der Waals surface area contributed by atoms with Crippen molar-refractivity contribution in [1.82, 2.24) is 14.1 Å². The zero-order chi connectivity index (χ0) is 26.6. The lowest BCUT2D eigenvalue weighted by atomic mass is 10.1. The van der Waals surface area contributed by atoms with Crippen LogP contribution < -0.4 is 0 Å². The van der Waals surface area contributed by atoms with Gasteiger partial charge in [-0.05, 0) is 37.5 Å². The topological polar surface area (TPSA) is 111 Å². The zero-order valence-electron chi connectivity index (χ0n) is 21.2. The van der Waals surface area contributed by atoms with Crippen molar-refractivity contribution in [2.45, 2.75) is 32.2 Å². The van der Waals surface area contributed by atoms with Gasteiger partial charge in [0.2, 0.25) is 15.9 Å². The van der Waals surface area contributed by atoms with Gasteiger partial charge in [0, 0.05) is 38.8 Å². The van der Waals surface area contributed by atoms with Gasteiger partial charge in [-0.15, -0.1) is 0 Å². The van der Waals surface area contributed by atoms with Crippen LogP contribution >= 0.6 is 0 Å². The molecule has 36 heavy (non-hydrogen) atoms. The van der Waals surface area contributed by atoms with E-state index in [4.69, 9.17) is 0 Å². The molecule has 0 aromatic heterocycles. The predicted molar refractivity (Wildman–Crippen MR) is 139 cm³/mol. The molecule has 0 saturated carbocycles. The first-order valence-corrected chi connectivity index (χ1v) is 13.0. The van der Waals surface area contributed by atoms with E-state index < -0.39 is 16.1 Å². The molecular weight excluding hydrogens is 480 g/mol. The van der Waals surface area contributed by atoms with Crippen molar-refractivity contribution in [2.75, 3.05) is 33.7 Å². The standard InChI is InChI=1S/C26H32N4O5S/c1-18-15-19(2)24(20(3)16-18)36(34,35)29(5)13-6-7-23(31)28(4)17-21-8-10-22(11-9-21)25-27-12-14-30(25)26(32)33/h6-11,15-16H,12-14,17H2,1-5H3,(H,32,33)/b7-6+. The average molecular weight is 513 g/mol. The Balaban J connectivity index is 1.59. The molecule has 9 nitrogen and oxygen atoms in total. The molecular formula is C26H32N4O5S. The fourth-order valence-electron chi connectivity index (χ4n) is 4.25. The molecule has 0 aliphatic carbocycles. The van der Waals surface area contributed by atoms with Crippen LogP contribution in [0, 0.1) is 20.8 Å². The molecule has 1 aliphatic heterocycles. The van der Waals surface area contributed by atoms with Crippen LogP contribution in [0.15, 0.2) is 58.4 Å². The van der Waals surface area contributed by atoms with Gasteiger partial charge < -0.3 is 10.0 Å². The minimum atomic E-state index is -3.70. The van der Waals surface area contributed by atoms with E-state index in [-0.39, 0.29) is 12.5 Å². The highest BCUT2D eigenvalue weighted by molar-refractivity contribution is 7.89. The maximum absolute atomic E-state index is 13.1. The molecule has 192 valence electrons. The number of rotatable bonds is 8. The predicted octanol–water partition coefficient (Wildman–Crippen LogP) is 3.19.